The predicted octanol–water partition coefficient (Wildman–Crippen LogP) is 4.14. The van der Waals surface area contributed by atoms with Crippen molar-refractivity contribution in [2.75, 3.05) is 6.26 Å². The monoisotopic (exact) mass is 638 g/mol. The highest BCUT2D eigenvalue weighted by molar-refractivity contribution is 7.90. The molecule has 0 radical (unpaired) electrons. The van der Waals surface area contributed by atoms with Crippen LogP contribution in [0.4, 0.5) is 5.69 Å². The highest BCUT2D eigenvalue weighted by Crippen LogP contribution is 2.39. The first-order valence-corrected chi connectivity index (χ1v) is 16.4. The van der Waals surface area contributed by atoms with Crippen molar-refractivity contribution in [1.29, 1.82) is 15.8 Å². The number of sulfone groups is 1. The van der Waals surface area contributed by atoms with Gasteiger partial charge in [0.2, 0.25) is 0 Å². The number of nitriles is 3. The Hall–Kier alpha value is -6.12. The molecule has 10 nitrogen and oxygen atoms in total. The summed E-state index contributed by atoms with van der Waals surface area (Å²) in [5, 5.41) is 29.9. The first-order valence-electron chi connectivity index (χ1n) is 13.3. The molecule has 0 bridgehead atoms. The van der Waals surface area contributed by atoms with Crippen molar-refractivity contribution in [3.63, 3.8) is 0 Å². The lowest BCUT2D eigenvalue weighted by atomic mass is 9.93. The molecule has 0 saturated heterocycles. The molecule has 3 aromatic rings. The van der Waals surface area contributed by atoms with Crippen molar-refractivity contribution in [3.05, 3.63) is 149 Å². The average molecular weight is 639 g/mol. The summed E-state index contributed by atoms with van der Waals surface area (Å²) in [6.45, 7) is 23.0. The predicted molar refractivity (Wildman–Crippen MR) is 168 cm³/mol. The van der Waals surface area contributed by atoms with E-state index in [2.05, 4.69) is 14.5 Å². The van der Waals surface area contributed by atoms with Gasteiger partial charge in [0.1, 0.15) is 30.9 Å². The molecule has 5 rings (SSSR count). The Bertz CT molecular complexity index is 2490. The number of benzene rings is 3. The fourth-order valence-electron chi connectivity index (χ4n) is 6.18. The highest BCUT2D eigenvalue weighted by Gasteiger charge is 2.38. The van der Waals surface area contributed by atoms with Crippen LogP contribution >= 0.6 is 0 Å². The second kappa shape index (κ2) is 12.1. The van der Waals surface area contributed by atoms with E-state index in [4.69, 9.17) is 19.7 Å². The van der Waals surface area contributed by atoms with Crippen LogP contribution in [0.1, 0.15) is 33.4 Å². The third kappa shape index (κ3) is 5.16. The zero-order chi connectivity index (χ0) is 33.3. The van der Waals surface area contributed by atoms with Gasteiger partial charge in [0, 0.05) is 17.9 Å². The molecule has 0 aliphatic heterocycles. The van der Waals surface area contributed by atoms with Crippen LogP contribution in [0.5, 0.6) is 0 Å². The molecule has 0 saturated carbocycles. The van der Waals surface area contributed by atoms with E-state index in [0.29, 0.717) is 16.7 Å². The fraction of sp³-hybridized carbons (Fsp3) is 0.118. The van der Waals surface area contributed by atoms with E-state index in [0.717, 1.165) is 6.26 Å². The lowest BCUT2D eigenvalue weighted by Crippen LogP contribution is -2.31. The second-order valence-electron chi connectivity index (χ2n) is 10.3. The normalized spacial score (nSPS) is 13.7. The van der Waals surface area contributed by atoms with Crippen LogP contribution in [0.2, 0.25) is 0 Å². The van der Waals surface area contributed by atoms with Gasteiger partial charge in [0.25, 0.3) is 0 Å². The van der Waals surface area contributed by atoms with Crippen LogP contribution in [0, 0.1) is 53.7 Å². The van der Waals surface area contributed by atoms with Gasteiger partial charge in [0.15, 0.2) is 26.6 Å². The Labute approximate surface area is 267 Å². The van der Waals surface area contributed by atoms with E-state index in [9.17, 15) is 33.0 Å². The van der Waals surface area contributed by atoms with Crippen LogP contribution < -0.4 is 10.4 Å². The minimum atomic E-state index is -4.15. The van der Waals surface area contributed by atoms with Crippen molar-refractivity contribution in [2.45, 2.75) is 23.5 Å². The number of fused-ring (bicyclic) bond motifs is 2. The molecule has 220 valence electrons. The zero-order valence-corrected chi connectivity index (χ0v) is 25.5. The van der Waals surface area contributed by atoms with Crippen LogP contribution in [0.25, 0.3) is 25.7 Å². The van der Waals surface area contributed by atoms with Crippen molar-refractivity contribution in [3.8, 4) is 18.2 Å². The standard InChI is InChI=1S/C34H18N6O4S2/c1-38-23-10-6-9-21(12-23)30-27(34(39-2)40-3)14-25-28(18-45(41)42)31-26(33(32(25)30)46(4,43)44)13-24(22(16-36)17-37)29(31)20-8-5-7-19(11-20)15-35/h5-12H,13-14,18H2,4H3,(H,41,42). The van der Waals surface area contributed by atoms with Crippen LogP contribution in [-0.2, 0) is 39.5 Å². The topological polar surface area (TPSA) is 156 Å². The van der Waals surface area contributed by atoms with Crippen LogP contribution in [-0.4, -0.2) is 23.4 Å². The maximum absolute atomic E-state index is 13.9. The molecule has 0 aromatic heterocycles. The summed E-state index contributed by atoms with van der Waals surface area (Å²) < 4.78 is 50.5. The summed E-state index contributed by atoms with van der Waals surface area (Å²) in [6.07, 6.45) is 0.661. The second-order valence-corrected chi connectivity index (χ2v) is 13.2. The Kier molecular flexibility index (Phi) is 8.24. The number of nitrogens with zero attached hydrogens (tertiary/aromatic N) is 6. The smallest absolute Gasteiger partial charge is 0.306 e. The Balaban J connectivity index is 2.20. The van der Waals surface area contributed by atoms with Gasteiger partial charge >= 0.3 is 5.82 Å². The van der Waals surface area contributed by atoms with Crippen LogP contribution in [0.3, 0.4) is 0 Å². The van der Waals surface area contributed by atoms with E-state index in [1.807, 2.05) is 18.2 Å². The molecule has 1 atom stereocenters. The van der Waals surface area contributed by atoms with Gasteiger partial charge in [-0.05, 0) is 74.4 Å². The summed E-state index contributed by atoms with van der Waals surface area (Å²) in [6, 6.07) is 18.4. The largest absolute Gasteiger partial charge is 0.523 e. The molecular weight excluding hydrogens is 621 g/mol. The van der Waals surface area contributed by atoms with Crippen molar-refractivity contribution >= 4 is 37.8 Å². The minimum absolute atomic E-state index is 0.136. The molecule has 2 aliphatic carbocycles. The van der Waals surface area contributed by atoms with E-state index in [1.165, 1.54) is 12.1 Å². The van der Waals surface area contributed by atoms with Crippen molar-refractivity contribution in [2.24, 2.45) is 0 Å². The molecule has 0 fully saturated rings. The van der Waals surface area contributed by atoms with Crippen molar-refractivity contribution in [1.82, 2.24) is 0 Å². The quantitative estimate of drug-likeness (QED) is 0.250. The highest BCUT2D eigenvalue weighted by atomic mass is 32.2. The van der Waals surface area contributed by atoms with E-state index in [1.54, 1.807) is 36.4 Å². The lowest BCUT2D eigenvalue weighted by molar-refractivity contribution is 0.563. The number of hydrogen-bond acceptors (Lipinski definition) is 6. The average Bonchev–Trinajstić information content (AvgIpc) is 3.61. The summed E-state index contributed by atoms with van der Waals surface area (Å²) in [5.41, 5.74) is 2.63. The first kappa shape index (κ1) is 31.3. The Morgan fingerprint density at radius 3 is 2.09 bits per heavy atom. The summed E-state index contributed by atoms with van der Waals surface area (Å²) in [4.78, 5) is 10.1. The number of allylic oxidation sites excluding steroid dienone is 3. The Morgan fingerprint density at radius 2 is 1.52 bits per heavy atom. The summed E-state index contributed by atoms with van der Waals surface area (Å²) in [7, 11) is -4.15. The molecular formula is C34H18N6O4S2. The summed E-state index contributed by atoms with van der Waals surface area (Å²) >= 11 is -2.47. The van der Waals surface area contributed by atoms with Gasteiger partial charge in [-0.15, -0.1) is 0 Å². The lowest BCUT2D eigenvalue weighted by Gasteiger charge is -2.15. The van der Waals surface area contributed by atoms with Gasteiger partial charge in [-0.2, -0.15) is 25.5 Å². The van der Waals surface area contributed by atoms with Gasteiger partial charge in [-0.3, -0.25) is 0 Å². The van der Waals surface area contributed by atoms with E-state index in [-0.39, 0.29) is 84.2 Å². The maximum atomic E-state index is 13.9. The molecule has 12 heteroatoms. The van der Waals surface area contributed by atoms with E-state index >= 15 is 0 Å². The molecule has 0 spiro atoms. The summed E-state index contributed by atoms with van der Waals surface area (Å²) in [5.74, 6) is -0.802. The number of hydrogen-bond donors (Lipinski definition) is 1. The number of rotatable bonds is 5. The molecule has 2 aliphatic rings. The first-order chi connectivity index (χ1) is 22.0. The SMILES string of the molecule is [C-]#[N+]C([N+]#[C-])=C1Cc2c(CS(=O)O)c3c(c(S(C)(=O)=O)c2=C1c1cccc([N+]#[C-])c1)CC(=C(C#N)C#N)C=3c1cccc(C#N)c1. The van der Waals surface area contributed by atoms with Gasteiger partial charge in [-0.25, -0.2) is 17.5 Å². The molecule has 1 N–H and O–H groups in total. The van der Waals surface area contributed by atoms with Crippen LogP contribution in [0.15, 0.2) is 76.0 Å². The van der Waals surface area contributed by atoms with Crippen molar-refractivity contribution < 1.29 is 17.2 Å². The van der Waals surface area contributed by atoms with Gasteiger partial charge in [-0.1, -0.05) is 30.3 Å². The molecule has 1 unspecified atom stereocenters. The molecule has 0 heterocycles. The zero-order valence-electron chi connectivity index (χ0n) is 23.9. The Morgan fingerprint density at radius 1 is 0.913 bits per heavy atom. The minimum Gasteiger partial charge on any atom is -0.306 e. The van der Waals surface area contributed by atoms with E-state index < -0.39 is 26.7 Å². The molecule has 3 aromatic carbocycles. The third-order valence-corrected chi connectivity index (χ3v) is 9.50. The van der Waals surface area contributed by atoms with Gasteiger partial charge in [0.05, 0.1) is 34.4 Å². The molecule has 46 heavy (non-hydrogen) atoms. The van der Waals surface area contributed by atoms with Gasteiger partial charge < -0.3 is 4.55 Å². The third-order valence-electron chi connectivity index (χ3n) is 7.77. The maximum Gasteiger partial charge on any atom is 0.523 e. The molecule has 0 amide bonds. The fourth-order valence-corrected chi connectivity index (χ4v) is 7.96.